The minimum Gasteiger partial charge on any atom is -0.479 e. The van der Waals surface area contributed by atoms with Gasteiger partial charge in [-0.3, -0.25) is 0 Å². The highest BCUT2D eigenvalue weighted by atomic mass is 79.9. The zero-order chi connectivity index (χ0) is 9.97. The van der Waals surface area contributed by atoms with Crippen LogP contribution in [0.15, 0.2) is 10.5 Å². The van der Waals surface area contributed by atoms with Crippen LogP contribution in [0.2, 0.25) is 0 Å². The fraction of sp³-hybridized carbons (Fsp3) is 0.556. The van der Waals surface area contributed by atoms with Gasteiger partial charge >= 0.3 is 0 Å². The van der Waals surface area contributed by atoms with Crippen LogP contribution < -0.4 is 4.74 Å². The summed E-state index contributed by atoms with van der Waals surface area (Å²) >= 11 is 5.40. The number of halogens is 1. The zero-order valence-corrected chi connectivity index (χ0v) is 10.3. The van der Waals surface area contributed by atoms with Gasteiger partial charge in [0.25, 0.3) is 0 Å². The molecule has 1 aliphatic rings. The van der Waals surface area contributed by atoms with Crippen LogP contribution in [-0.2, 0) is 0 Å². The highest BCUT2D eigenvalue weighted by Gasteiger charge is 2.20. The van der Waals surface area contributed by atoms with Crippen molar-refractivity contribution in [2.24, 2.45) is 0 Å². The van der Waals surface area contributed by atoms with Gasteiger partial charge in [0.2, 0.25) is 5.88 Å². The number of hydrogen-bond donors (Lipinski definition) is 0. The maximum atomic E-state index is 5.04. The van der Waals surface area contributed by atoms with E-state index in [1.54, 1.807) is 7.11 Å². The molecule has 1 unspecified atom stereocenters. The average Bonchev–Trinajstić information content (AvgIpc) is 2.70. The molecule has 0 bridgehead atoms. The first kappa shape index (κ1) is 10.2. The molecule has 1 fully saturated rings. The first-order valence-corrected chi connectivity index (χ1v) is 6.41. The predicted octanol–water partition coefficient (Wildman–Crippen LogP) is 2.47. The standard InChI is InChI=1S/C9H11BrN2OS/c1-13-9-7(10)4-8(11-12-9)6-2-3-14-5-6/h4,6H,2-3,5H2,1H3. The second-order valence-corrected chi connectivity index (χ2v) is 5.19. The van der Waals surface area contributed by atoms with Crippen molar-refractivity contribution in [1.82, 2.24) is 10.2 Å². The van der Waals surface area contributed by atoms with Crippen molar-refractivity contribution in [3.8, 4) is 5.88 Å². The van der Waals surface area contributed by atoms with Crippen LogP contribution in [0.25, 0.3) is 0 Å². The summed E-state index contributed by atoms with van der Waals surface area (Å²) in [6.45, 7) is 0. The Morgan fingerprint density at radius 3 is 3.00 bits per heavy atom. The summed E-state index contributed by atoms with van der Waals surface area (Å²) < 4.78 is 5.93. The van der Waals surface area contributed by atoms with E-state index in [4.69, 9.17) is 4.74 Å². The molecule has 0 N–H and O–H groups in total. The first-order valence-electron chi connectivity index (χ1n) is 4.46. The maximum Gasteiger partial charge on any atom is 0.247 e. The number of rotatable bonds is 2. The molecule has 2 rings (SSSR count). The van der Waals surface area contributed by atoms with Crippen molar-refractivity contribution >= 4 is 27.7 Å². The van der Waals surface area contributed by atoms with Gasteiger partial charge in [0, 0.05) is 11.7 Å². The van der Waals surface area contributed by atoms with E-state index >= 15 is 0 Å². The molecule has 14 heavy (non-hydrogen) atoms. The van der Waals surface area contributed by atoms with Gasteiger partial charge in [0.1, 0.15) is 0 Å². The Kier molecular flexibility index (Phi) is 3.28. The van der Waals surface area contributed by atoms with Gasteiger partial charge in [-0.25, -0.2) is 0 Å². The van der Waals surface area contributed by atoms with Crippen molar-refractivity contribution in [2.75, 3.05) is 18.6 Å². The minimum absolute atomic E-state index is 0.555. The van der Waals surface area contributed by atoms with Crippen molar-refractivity contribution in [3.63, 3.8) is 0 Å². The first-order chi connectivity index (χ1) is 6.81. The van der Waals surface area contributed by atoms with Gasteiger partial charge < -0.3 is 4.74 Å². The van der Waals surface area contributed by atoms with Gasteiger partial charge in [-0.15, -0.1) is 5.10 Å². The third-order valence-electron chi connectivity index (χ3n) is 2.28. The van der Waals surface area contributed by atoms with Crippen molar-refractivity contribution in [1.29, 1.82) is 0 Å². The molecule has 5 heteroatoms. The second-order valence-electron chi connectivity index (χ2n) is 3.19. The van der Waals surface area contributed by atoms with E-state index in [1.165, 1.54) is 12.2 Å². The molecule has 1 atom stereocenters. The molecular weight excluding hydrogens is 264 g/mol. The Labute approximate surface area is 95.8 Å². The highest BCUT2D eigenvalue weighted by Crippen LogP contribution is 2.33. The van der Waals surface area contributed by atoms with Crippen LogP contribution in [-0.4, -0.2) is 28.8 Å². The molecule has 1 aliphatic heterocycles. The molecule has 0 amide bonds. The topological polar surface area (TPSA) is 35.0 Å². The van der Waals surface area contributed by atoms with E-state index in [0.29, 0.717) is 11.8 Å². The molecule has 0 aromatic carbocycles. The quantitative estimate of drug-likeness (QED) is 0.830. The fourth-order valence-corrected chi connectivity index (χ4v) is 3.19. The molecule has 0 aliphatic carbocycles. The third-order valence-corrected chi connectivity index (χ3v) is 4.01. The van der Waals surface area contributed by atoms with Crippen molar-refractivity contribution in [2.45, 2.75) is 12.3 Å². The Hall–Kier alpha value is -0.290. The van der Waals surface area contributed by atoms with Gasteiger partial charge in [0.05, 0.1) is 17.3 Å². The van der Waals surface area contributed by atoms with Crippen LogP contribution in [0, 0.1) is 0 Å². The molecule has 1 aromatic heterocycles. The van der Waals surface area contributed by atoms with E-state index in [0.717, 1.165) is 15.9 Å². The molecular formula is C9H11BrN2OS. The Morgan fingerprint density at radius 2 is 2.43 bits per heavy atom. The summed E-state index contributed by atoms with van der Waals surface area (Å²) in [5.74, 6) is 3.51. The van der Waals surface area contributed by atoms with Crippen molar-refractivity contribution in [3.05, 3.63) is 16.2 Å². The lowest BCUT2D eigenvalue weighted by molar-refractivity contribution is 0.387. The molecule has 3 nitrogen and oxygen atoms in total. The smallest absolute Gasteiger partial charge is 0.247 e. The zero-order valence-electron chi connectivity index (χ0n) is 7.86. The number of methoxy groups -OCH3 is 1. The minimum atomic E-state index is 0.555. The van der Waals surface area contributed by atoms with Crippen LogP contribution in [0.1, 0.15) is 18.0 Å². The van der Waals surface area contributed by atoms with Gasteiger partial charge in [-0.2, -0.15) is 16.9 Å². The molecule has 1 saturated heterocycles. The van der Waals surface area contributed by atoms with Gasteiger partial charge in [-0.1, -0.05) is 0 Å². The van der Waals surface area contributed by atoms with Gasteiger partial charge in [-0.05, 0) is 34.2 Å². The lowest BCUT2D eigenvalue weighted by Gasteiger charge is -2.08. The average molecular weight is 275 g/mol. The van der Waals surface area contributed by atoms with E-state index in [-0.39, 0.29) is 0 Å². The Morgan fingerprint density at radius 1 is 1.57 bits per heavy atom. The molecule has 0 radical (unpaired) electrons. The summed E-state index contributed by atoms with van der Waals surface area (Å²) in [5, 5.41) is 8.19. The lowest BCUT2D eigenvalue weighted by atomic mass is 10.1. The maximum absolute atomic E-state index is 5.04. The highest BCUT2D eigenvalue weighted by molar-refractivity contribution is 9.10. The number of aromatic nitrogens is 2. The Bertz CT molecular complexity index is 329. The Balaban J connectivity index is 2.23. The lowest BCUT2D eigenvalue weighted by Crippen LogP contribution is -2.02. The van der Waals surface area contributed by atoms with Crippen LogP contribution in [0.4, 0.5) is 0 Å². The molecule has 2 heterocycles. The van der Waals surface area contributed by atoms with Crippen LogP contribution >= 0.6 is 27.7 Å². The summed E-state index contributed by atoms with van der Waals surface area (Å²) in [7, 11) is 1.60. The van der Waals surface area contributed by atoms with E-state index in [1.807, 2.05) is 17.8 Å². The number of thioether (sulfide) groups is 1. The SMILES string of the molecule is COc1nnc(C2CCSC2)cc1Br. The predicted molar refractivity (Wildman–Crippen MR) is 61.0 cm³/mol. The normalized spacial score (nSPS) is 21.1. The summed E-state index contributed by atoms with van der Waals surface area (Å²) in [6, 6.07) is 2.02. The third kappa shape index (κ3) is 2.03. The fourth-order valence-electron chi connectivity index (χ4n) is 1.48. The van der Waals surface area contributed by atoms with Crippen LogP contribution in [0.3, 0.4) is 0 Å². The summed E-state index contributed by atoms with van der Waals surface area (Å²) in [5.41, 5.74) is 1.07. The van der Waals surface area contributed by atoms with E-state index in [9.17, 15) is 0 Å². The molecule has 0 spiro atoms. The molecule has 76 valence electrons. The number of hydrogen-bond acceptors (Lipinski definition) is 4. The number of nitrogens with zero attached hydrogens (tertiary/aromatic N) is 2. The van der Waals surface area contributed by atoms with Gasteiger partial charge in [0.15, 0.2) is 0 Å². The van der Waals surface area contributed by atoms with Crippen molar-refractivity contribution < 1.29 is 4.74 Å². The monoisotopic (exact) mass is 274 g/mol. The summed E-state index contributed by atoms with van der Waals surface area (Å²) in [6.07, 6.45) is 1.21. The molecule has 0 saturated carbocycles. The van der Waals surface area contributed by atoms with E-state index < -0.39 is 0 Å². The van der Waals surface area contributed by atoms with Crippen LogP contribution in [0.5, 0.6) is 5.88 Å². The second kappa shape index (κ2) is 4.49. The summed E-state index contributed by atoms with van der Waals surface area (Å²) in [4.78, 5) is 0. The molecule has 1 aromatic rings. The van der Waals surface area contributed by atoms with E-state index in [2.05, 4.69) is 26.1 Å². The number of ether oxygens (including phenoxy) is 1. The largest absolute Gasteiger partial charge is 0.479 e.